The van der Waals surface area contributed by atoms with Crippen LogP contribution in [0.4, 0.5) is 0 Å². The predicted octanol–water partition coefficient (Wildman–Crippen LogP) is 1.17. The first kappa shape index (κ1) is 15.7. The van der Waals surface area contributed by atoms with Crippen molar-refractivity contribution in [3.63, 3.8) is 0 Å². The fraction of sp³-hybridized carbons (Fsp3) is 0.933. The summed E-state index contributed by atoms with van der Waals surface area (Å²) in [6, 6.07) is 1.04. The van der Waals surface area contributed by atoms with Crippen LogP contribution in [-0.2, 0) is 14.3 Å². The molecule has 2 fully saturated rings. The largest absolute Gasteiger partial charge is 0.465 e. The van der Waals surface area contributed by atoms with Gasteiger partial charge in [0.25, 0.3) is 0 Å². The predicted molar refractivity (Wildman–Crippen MR) is 77.7 cm³/mol. The highest BCUT2D eigenvalue weighted by Crippen LogP contribution is 2.35. The smallest absolute Gasteiger partial charge is 0.326 e. The maximum absolute atomic E-state index is 12.2. The van der Waals surface area contributed by atoms with Crippen molar-refractivity contribution in [1.82, 2.24) is 10.2 Å². The van der Waals surface area contributed by atoms with Crippen molar-refractivity contribution >= 4 is 5.97 Å². The van der Waals surface area contributed by atoms with Gasteiger partial charge in [0.1, 0.15) is 5.54 Å². The van der Waals surface area contributed by atoms with Gasteiger partial charge in [0, 0.05) is 25.3 Å². The summed E-state index contributed by atoms with van der Waals surface area (Å²) >= 11 is 0. The van der Waals surface area contributed by atoms with Crippen LogP contribution in [0.5, 0.6) is 0 Å². The van der Waals surface area contributed by atoms with Crippen molar-refractivity contribution < 1.29 is 14.3 Å². The normalized spacial score (nSPS) is 31.7. The van der Waals surface area contributed by atoms with Crippen LogP contribution >= 0.6 is 0 Å². The molecule has 1 N–H and O–H groups in total. The first-order valence-corrected chi connectivity index (χ1v) is 7.79. The fourth-order valence-electron chi connectivity index (χ4n) is 3.54. The molecule has 1 aliphatic heterocycles. The van der Waals surface area contributed by atoms with E-state index in [1.165, 1.54) is 0 Å². The zero-order chi connectivity index (χ0) is 14.6. The van der Waals surface area contributed by atoms with Crippen LogP contribution in [0.1, 0.15) is 39.0 Å². The van der Waals surface area contributed by atoms with Gasteiger partial charge in [-0.05, 0) is 53.1 Å². The summed E-state index contributed by atoms with van der Waals surface area (Å²) in [4.78, 5) is 14.7. The van der Waals surface area contributed by atoms with Crippen LogP contribution in [0.3, 0.4) is 0 Å². The highest BCUT2D eigenvalue weighted by molar-refractivity contribution is 5.81. The molecule has 2 rings (SSSR count). The van der Waals surface area contributed by atoms with Crippen LogP contribution < -0.4 is 5.32 Å². The zero-order valence-corrected chi connectivity index (χ0v) is 13.0. The fourth-order valence-corrected chi connectivity index (χ4v) is 3.54. The number of nitrogens with zero attached hydrogens (tertiary/aromatic N) is 1. The molecule has 0 aromatic heterocycles. The van der Waals surface area contributed by atoms with Crippen molar-refractivity contribution in [2.45, 2.75) is 56.7 Å². The molecule has 5 nitrogen and oxygen atoms in total. The van der Waals surface area contributed by atoms with Crippen LogP contribution in [0.2, 0.25) is 0 Å². The Labute approximate surface area is 122 Å². The number of hydrogen-bond donors (Lipinski definition) is 1. The minimum absolute atomic E-state index is 0.0922. The van der Waals surface area contributed by atoms with Gasteiger partial charge in [-0.15, -0.1) is 0 Å². The Balaban J connectivity index is 1.97. The molecule has 116 valence electrons. The SMILES string of the molecule is CCOC(=O)C1(NC)CCC(N(C)C2CCOCC2)C1. The number of hydrogen-bond acceptors (Lipinski definition) is 5. The zero-order valence-electron chi connectivity index (χ0n) is 13.0. The molecule has 0 bridgehead atoms. The van der Waals surface area contributed by atoms with Crippen LogP contribution in [0.15, 0.2) is 0 Å². The molecule has 20 heavy (non-hydrogen) atoms. The molecular formula is C15H28N2O3. The molecule has 0 aromatic rings. The maximum atomic E-state index is 12.2. The second-order valence-electron chi connectivity index (χ2n) is 5.96. The Morgan fingerprint density at radius 2 is 2.05 bits per heavy atom. The molecule has 5 heteroatoms. The molecule has 0 spiro atoms. The van der Waals surface area contributed by atoms with Gasteiger partial charge in [0.05, 0.1) is 6.61 Å². The minimum atomic E-state index is -0.486. The molecule has 1 saturated carbocycles. The van der Waals surface area contributed by atoms with Crippen LogP contribution in [-0.4, -0.2) is 62.4 Å². The van der Waals surface area contributed by atoms with E-state index < -0.39 is 5.54 Å². The van der Waals surface area contributed by atoms with Crippen molar-refractivity contribution in [3.05, 3.63) is 0 Å². The van der Waals surface area contributed by atoms with E-state index in [0.29, 0.717) is 18.7 Å². The number of ether oxygens (including phenoxy) is 2. The highest BCUT2D eigenvalue weighted by Gasteiger charge is 2.47. The Morgan fingerprint density at radius 3 is 2.65 bits per heavy atom. The van der Waals surface area contributed by atoms with Crippen molar-refractivity contribution in [2.75, 3.05) is 33.9 Å². The Morgan fingerprint density at radius 1 is 1.35 bits per heavy atom. The van der Waals surface area contributed by atoms with E-state index in [4.69, 9.17) is 9.47 Å². The van der Waals surface area contributed by atoms with Gasteiger partial charge in [-0.1, -0.05) is 0 Å². The summed E-state index contributed by atoms with van der Waals surface area (Å²) in [6.45, 7) is 4.03. The molecule has 1 heterocycles. The van der Waals surface area contributed by atoms with E-state index >= 15 is 0 Å². The quantitative estimate of drug-likeness (QED) is 0.768. The lowest BCUT2D eigenvalue weighted by molar-refractivity contribution is -0.151. The molecule has 2 atom stereocenters. The van der Waals surface area contributed by atoms with Gasteiger partial charge in [0.15, 0.2) is 0 Å². The van der Waals surface area contributed by atoms with Crippen LogP contribution in [0, 0.1) is 0 Å². The van der Waals surface area contributed by atoms with E-state index in [1.807, 2.05) is 14.0 Å². The number of rotatable bonds is 5. The van der Waals surface area contributed by atoms with Crippen molar-refractivity contribution in [3.8, 4) is 0 Å². The number of likely N-dealkylation sites (N-methyl/N-ethyl adjacent to an activating group) is 1. The first-order chi connectivity index (χ1) is 9.63. The summed E-state index contributed by atoms with van der Waals surface area (Å²) < 4.78 is 10.7. The standard InChI is InChI=1S/C15H28N2O3/c1-4-20-14(18)15(16-2)8-5-13(11-15)17(3)12-6-9-19-10-7-12/h12-13,16H,4-11H2,1-3H3. The molecule has 1 saturated heterocycles. The average molecular weight is 284 g/mol. The summed E-state index contributed by atoms with van der Waals surface area (Å²) in [5, 5.41) is 3.22. The Bertz CT molecular complexity index is 331. The minimum Gasteiger partial charge on any atom is -0.465 e. The lowest BCUT2D eigenvalue weighted by Gasteiger charge is -2.36. The third kappa shape index (κ3) is 3.15. The van der Waals surface area contributed by atoms with Crippen molar-refractivity contribution in [1.29, 1.82) is 0 Å². The number of carbonyl (C=O) groups excluding carboxylic acids is 1. The second-order valence-corrected chi connectivity index (χ2v) is 5.96. The molecular weight excluding hydrogens is 256 g/mol. The van der Waals surface area contributed by atoms with E-state index in [0.717, 1.165) is 45.3 Å². The third-order valence-electron chi connectivity index (χ3n) is 4.98. The third-order valence-corrected chi connectivity index (χ3v) is 4.98. The topological polar surface area (TPSA) is 50.8 Å². The van der Waals surface area contributed by atoms with Crippen LogP contribution in [0.25, 0.3) is 0 Å². The summed E-state index contributed by atoms with van der Waals surface area (Å²) in [7, 11) is 4.06. The Kier molecular flexibility index (Phi) is 5.41. The van der Waals surface area contributed by atoms with Gasteiger partial charge in [0.2, 0.25) is 0 Å². The highest BCUT2D eigenvalue weighted by atomic mass is 16.5. The molecule has 0 aromatic carbocycles. The second kappa shape index (κ2) is 6.87. The van der Waals surface area contributed by atoms with Gasteiger partial charge >= 0.3 is 5.97 Å². The van der Waals surface area contributed by atoms with Gasteiger partial charge in [-0.2, -0.15) is 0 Å². The molecule has 0 radical (unpaired) electrons. The molecule has 0 amide bonds. The van der Waals surface area contributed by atoms with E-state index in [9.17, 15) is 4.79 Å². The summed E-state index contributed by atoms with van der Waals surface area (Å²) in [6.07, 6.45) is 4.95. The lowest BCUT2D eigenvalue weighted by Crippen LogP contribution is -2.51. The van der Waals surface area contributed by atoms with Gasteiger partial charge in [-0.25, -0.2) is 0 Å². The van der Waals surface area contributed by atoms with E-state index in [2.05, 4.69) is 17.3 Å². The number of carbonyl (C=O) groups is 1. The number of esters is 1. The lowest BCUT2D eigenvalue weighted by atomic mass is 9.97. The molecule has 2 aliphatic rings. The molecule has 1 aliphatic carbocycles. The summed E-state index contributed by atoms with van der Waals surface area (Å²) in [5.74, 6) is -0.0922. The monoisotopic (exact) mass is 284 g/mol. The maximum Gasteiger partial charge on any atom is 0.326 e. The summed E-state index contributed by atoms with van der Waals surface area (Å²) in [5.41, 5.74) is -0.486. The number of nitrogens with one attached hydrogen (secondary N) is 1. The van der Waals surface area contributed by atoms with Crippen molar-refractivity contribution in [2.24, 2.45) is 0 Å². The molecule has 2 unspecified atom stereocenters. The van der Waals surface area contributed by atoms with Gasteiger partial charge < -0.3 is 19.7 Å². The average Bonchev–Trinajstić information content (AvgIpc) is 2.93. The van der Waals surface area contributed by atoms with E-state index in [-0.39, 0.29) is 5.97 Å². The van der Waals surface area contributed by atoms with E-state index in [1.54, 1.807) is 0 Å². The Hall–Kier alpha value is -0.650. The van der Waals surface area contributed by atoms with Gasteiger partial charge in [-0.3, -0.25) is 4.79 Å². The first-order valence-electron chi connectivity index (χ1n) is 7.79.